The molecule has 0 bridgehead atoms. The summed E-state index contributed by atoms with van der Waals surface area (Å²) in [5.74, 6) is -0.220. The molecule has 156 valence electrons. The molecule has 4 nitrogen and oxygen atoms in total. The minimum Gasteiger partial charge on any atom is -0.298 e. The van der Waals surface area contributed by atoms with Crippen LogP contribution >= 0.6 is 0 Å². The lowest BCUT2D eigenvalue weighted by molar-refractivity contribution is 0.0836. The van der Waals surface area contributed by atoms with Crippen LogP contribution in [-0.2, 0) is 19.4 Å². The van der Waals surface area contributed by atoms with E-state index >= 15 is 0 Å². The summed E-state index contributed by atoms with van der Waals surface area (Å²) >= 11 is 0. The summed E-state index contributed by atoms with van der Waals surface area (Å²) in [4.78, 5) is 5.15. The van der Waals surface area contributed by atoms with Gasteiger partial charge < -0.3 is 0 Å². The van der Waals surface area contributed by atoms with E-state index in [9.17, 15) is 4.39 Å². The molecule has 1 fully saturated rings. The number of aromatic amines is 1. The maximum atomic E-state index is 13.7. The Kier molecular flexibility index (Phi) is 5.40. The van der Waals surface area contributed by atoms with Crippen LogP contribution in [0.3, 0.4) is 0 Å². The van der Waals surface area contributed by atoms with Gasteiger partial charge in [0.05, 0.1) is 11.9 Å². The fourth-order valence-electron chi connectivity index (χ4n) is 5.19. The number of halogens is 1. The number of likely N-dealkylation sites (tertiary alicyclic amines) is 1. The Hall–Kier alpha value is -2.50. The predicted octanol–water partition coefficient (Wildman–Crippen LogP) is 4.28. The van der Waals surface area contributed by atoms with E-state index in [0.29, 0.717) is 12.1 Å². The van der Waals surface area contributed by atoms with Gasteiger partial charge >= 0.3 is 0 Å². The number of rotatable bonds is 5. The number of fused-ring (bicyclic) bond motifs is 1. The molecule has 5 heteroatoms. The summed E-state index contributed by atoms with van der Waals surface area (Å²) in [7, 11) is 2.21. The second-order valence-corrected chi connectivity index (χ2v) is 8.82. The highest BCUT2D eigenvalue weighted by atomic mass is 19.1. The smallest absolute Gasteiger partial charge is 0.123 e. The van der Waals surface area contributed by atoms with E-state index in [4.69, 9.17) is 0 Å². The van der Waals surface area contributed by atoms with Crippen molar-refractivity contribution < 1.29 is 4.39 Å². The van der Waals surface area contributed by atoms with Crippen molar-refractivity contribution in [3.05, 3.63) is 77.2 Å². The lowest BCUT2D eigenvalue weighted by Crippen LogP contribution is -2.50. The van der Waals surface area contributed by atoms with E-state index < -0.39 is 0 Å². The van der Waals surface area contributed by atoms with Crippen LogP contribution in [0.5, 0.6) is 0 Å². The second kappa shape index (κ2) is 8.32. The maximum Gasteiger partial charge on any atom is 0.123 e. The zero-order chi connectivity index (χ0) is 20.5. The van der Waals surface area contributed by atoms with Crippen LogP contribution in [0.4, 0.5) is 4.39 Å². The van der Waals surface area contributed by atoms with Gasteiger partial charge in [-0.1, -0.05) is 36.4 Å². The first kappa shape index (κ1) is 19.5. The first-order valence-corrected chi connectivity index (χ1v) is 11.0. The molecule has 0 unspecified atom stereocenters. The van der Waals surface area contributed by atoms with Crippen LogP contribution in [0.1, 0.15) is 29.5 Å². The van der Waals surface area contributed by atoms with Crippen LogP contribution < -0.4 is 0 Å². The monoisotopic (exact) mass is 404 g/mol. The number of hydrogen-bond acceptors (Lipinski definition) is 3. The fraction of sp³-hybridized carbons (Fsp3) is 0.400. The number of piperidine rings is 1. The number of likely N-dealkylation sites (N-methyl/N-ethyl adjacent to an activating group) is 1. The summed E-state index contributed by atoms with van der Waals surface area (Å²) < 4.78 is 13.7. The van der Waals surface area contributed by atoms with Crippen molar-refractivity contribution in [3.63, 3.8) is 0 Å². The van der Waals surface area contributed by atoms with Crippen LogP contribution in [0.15, 0.2) is 54.7 Å². The number of aromatic nitrogens is 2. The van der Waals surface area contributed by atoms with E-state index in [0.717, 1.165) is 29.9 Å². The molecule has 3 aromatic rings. The van der Waals surface area contributed by atoms with Gasteiger partial charge in [-0.3, -0.25) is 14.9 Å². The number of H-pyrrole nitrogens is 1. The van der Waals surface area contributed by atoms with Crippen LogP contribution in [0, 0.1) is 5.82 Å². The van der Waals surface area contributed by atoms with Crippen molar-refractivity contribution in [1.29, 1.82) is 0 Å². The van der Waals surface area contributed by atoms with Crippen LogP contribution in [-0.4, -0.2) is 52.2 Å². The number of benzene rings is 2. The lowest BCUT2D eigenvalue weighted by atomic mass is 10.0. The van der Waals surface area contributed by atoms with Gasteiger partial charge in [0.1, 0.15) is 5.82 Å². The van der Waals surface area contributed by atoms with Crippen LogP contribution in [0.25, 0.3) is 11.3 Å². The molecule has 1 saturated heterocycles. The third kappa shape index (κ3) is 3.92. The molecule has 2 aromatic carbocycles. The summed E-state index contributed by atoms with van der Waals surface area (Å²) in [5, 5.41) is 7.31. The molecule has 30 heavy (non-hydrogen) atoms. The maximum absolute atomic E-state index is 13.7. The predicted molar refractivity (Wildman–Crippen MR) is 118 cm³/mol. The topological polar surface area (TPSA) is 35.2 Å². The zero-order valence-corrected chi connectivity index (χ0v) is 17.5. The van der Waals surface area contributed by atoms with E-state index in [2.05, 4.69) is 51.3 Å². The Bertz CT molecular complexity index is 989. The minimum absolute atomic E-state index is 0.220. The average molecular weight is 405 g/mol. The second-order valence-electron chi connectivity index (χ2n) is 8.82. The summed E-state index contributed by atoms with van der Waals surface area (Å²) in [5.41, 5.74) is 5.94. The summed E-state index contributed by atoms with van der Waals surface area (Å²) in [6, 6.07) is 16.8. The first-order chi connectivity index (χ1) is 14.7. The van der Waals surface area contributed by atoms with E-state index in [1.54, 1.807) is 12.1 Å². The molecule has 0 amide bonds. The lowest BCUT2D eigenvalue weighted by Gasteiger charge is -2.40. The molecule has 0 radical (unpaired) electrons. The fourth-order valence-corrected chi connectivity index (χ4v) is 5.19. The van der Waals surface area contributed by atoms with Gasteiger partial charge in [0.2, 0.25) is 0 Å². The molecule has 1 N–H and O–H groups in total. The zero-order valence-electron chi connectivity index (χ0n) is 17.5. The Balaban J connectivity index is 1.25. The van der Waals surface area contributed by atoms with Gasteiger partial charge in [0.15, 0.2) is 0 Å². The highest BCUT2D eigenvalue weighted by molar-refractivity contribution is 5.62. The van der Waals surface area contributed by atoms with Crippen LogP contribution in [0.2, 0.25) is 0 Å². The third-order valence-electron chi connectivity index (χ3n) is 6.85. The molecule has 2 heterocycles. The van der Waals surface area contributed by atoms with E-state index in [1.165, 1.54) is 49.4 Å². The molecule has 1 aromatic heterocycles. The minimum atomic E-state index is -0.220. The van der Waals surface area contributed by atoms with Gasteiger partial charge in [0.25, 0.3) is 0 Å². The van der Waals surface area contributed by atoms with Crippen molar-refractivity contribution in [2.75, 3.05) is 20.1 Å². The molecule has 1 aliphatic carbocycles. The van der Waals surface area contributed by atoms with Crippen molar-refractivity contribution in [1.82, 2.24) is 20.0 Å². The van der Waals surface area contributed by atoms with Gasteiger partial charge in [-0.25, -0.2) is 4.39 Å². The van der Waals surface area contributed by atoms with Gasteiger partial charge in [-0.15, -0.1) is 0 Å². The average Bonchev–Trinajstić information content (AvgIpc) is 3.40. The van der Waals surface area contributed by atoms with Crippen molar-refractivity contribution >= 4 is 0 Å². The van der Waals surface area contributed by atoms with E-state index in [-0.39, 0.29) is 5.82 Å². The largest absolute Gasteiger partial charge is 0.298 e. The summed E-state index contributed by atoms with van der Waals surface area (Å²) in [6.45, 7) is 3.12. The van der Waals surface area contributed by atoms with Crippen molar-refractivity contribution in [3.8, 4) is 11.3 Å². The highest BCUT2D eigenvalue weighted by Crippen LogP contribution is 2.29. The Morgan fingerprint density at radius 1 is 1.13 bits per heavy atom. The van der Waals surface area contributed by atoms with Crippen molar-refractivity contribution in [2.24, 2.45) is 0 Å². The molecule has 0 saturated carbocycles. The molecule has 0 spiro atoms. The molecule has 1 aliphatic heterocycles. The van der Waals surface area contributed by atoms with Gasteiger partial charge in [0, 0.05) is 36.3 Å². The molecule has 2 aliphatic rings. The van der Waals surface area contributed by atoms with Gasteiger partial charge in [-0.2, -0.15) is 5.10 Å². The Morgan fingerprint density at radius 3 is 2.70 bits per heavy atom. The Morgan fingerprint density at radius 2 is 1.93 bits per heavy atom. The number of nitrogens with zero attached hydrogens (tertiary/aromatic N) is 3. The molecular formula is C25H29FN4. The Labute approximate surface area is 177 Å². The molecular weight excluding hydrogens is 375 g/mol. The van der Waals surface area contributed by atoms with Crippen molar-refractivity contribution in [2.45, 2.75) is 44.3 Å². The molecule has 1 atom stereocenters. The highest BCUT2D eigenvalue weighted by Gasteiger charge is 2.31. The first-order valence-electron chi connectivity index (χ1n) is 11.0. The molecule has 5 rings (SSSR count). The van der Waals surface area contributed by atoms with E-state index in [1.807, 2.05) is 12.3 Å². The standard InChI is InChI=1S/C25H29FN4/c1-29(16-21-15-27-28-25(21)20-8-4-9-22(26)12-20)23-10-5-11-30(17-23)24-13-18-6-2-3-7-19(18)14-24/h2-4,6-9,12,15,23-24H,5,10-11,13-14,16-17H2,1H3,(H,27,28)/t23-/m0/s1. The normalized spacial score (nSPS) is 20.0. The number of hydrogen-bond donors (Lipinski definition) is 1. The quantitative estimate of drug-likeness (QED) is 0.689. The number of nitrogens with one attached hydrogen (secondary N) is 1. The SMILES string of the molecule is CN(Cc1cn[nH]c1-c1cccc(F)c1)[C@H]1CCCN(C2Cc3ccccc3C2)C1. The third-order valence-corrected chi connectivity index (χ3v) is 6.85. The summed E-state index contributed by atoms with van der Waals surface area (Å²) in [6.07, 6.45) is 6.70. The van der Waals surface area contributed by atoms with Gasteiger partial charge in [-0.05, 0) is 62.5 Å².